The smallest absolute Gasteiger partial charge is 0.257 e. The molecular formula is C24H24ClN3O2. The number of carbonyl (C=O) groups excluding carboxylic acids is 1. The summed E-state index contributed by atoms with van der Waals surface area (Å²) in [7, 11) is 0. The SMILES string of the molecule is O=C(c1ccccc1OCc1ccc(Cl)cc1)N1CCN(Cc2ccncc2)CC1. The first kappa shape index (κ1) is 20.4. The van der Waals surface area contributed by atoms with Gasteiger partial charge in [-0.25, -0.2) is 0 Å². The highest BCUT2D eigenvalue weighted by molar-refractivity contribution is 6.30. The van der Waals surface area contributed by atoms with Gasteiger partial charge in [0.25, 0.3) is 5.91 Å². The second-order valence-electron chi connectivity index (χ2n) is 7.34. The molecule has 6 heteroatoms. The number of carbonyl (C=O) groups is 1. The topological polar surface area (TPSA) is 45.7 Å². The van der Waals surface area contributed by atoms with Crippen LogP contribution in [0.3, 0.4) is 0 Å². The molecule has 0 atom stereocenters. The molecule has 1 amide bonds. The van der Waals surface area contributed by atoms with Crippen LogP contribution in [-0.4, -0.2) is 46.9 Å². The molecule has 0 aliphatic carbocycles. The third kappa shape index (κ3) is 5.17. The average molecular weight is 422 g/mol. The molecule has 5 nitrogen and oxygen atoms in total. The van der Waals surface area contributed by atoms with E-state index in [-0.39, 0.29) is 5.91 Å². The fourth-order valence-electron chi connectivity index (χ4n) is 3.54. The first-order valence-corrected chi connectivity index (χ1v) is 10.4. The predicted octanol–water partition coefficient (Wildman–Crippen LogP) is 4.27. The van der Waals surface area contributed by atoms with E-state index in [1.54, 1.807) is 0 Å². The highest BCUT2D eigenvalue weighted by Crippen LogP contribution is 2.22. The van der Waals surface area contributed by atoms with Gasteiger partial charge >= 0.3 is 0 Å². The number of para-hydroxylation sites is 1. The van der Waals surface area contributed by atoms with E-state index in [0.717, 1.165) is 25.2 Å². The molecule has 2 heterocycles. The molecule has 0 saturated carbocycles. The maximum absolute atomic E-state index is 13.1. The third-order valence-corrected chi connectivity index (χ3v) is 5.49. The van der Waals surface area contributed by atoms with Gasteiger partial charge in [-0.05, 0) is 47.5 Å². The lowest BCUT2D eigenvalue weighted by molar-refractivity contribution is 0.0624. The van der Waals surface area contributed by atoms with Crippen LogP contribution < -0.4 is 4.74 Å². The Morgan fingerprint density at radius 1 is 0.900 bits per heavy atom. The minimum Gasteiger partial charge on any atom is -0.488 e. The Morgan fingerprint density at radius 2 is 1.60 bits per heavy atom. The van der Waals surface area contributed by atoms with Gasteiger partial charge in [-0.2, -0.15) is 0 Å². The first-order chi connectivity index (χ1) is 14.7. The van der Waals surface area contributed by atoms with Crippen molar-refractivity contribution in [2.75, 3.05) is 26.2 Å². The Kier molecular flexibility index (Phi) is 6.62. The minimum atomic E-state index is 0.0188. The second-order valence-corrected chi connectivity index (χ2v) is 7.77. The van der Waals surface area contributed by atoms with Crippen molar-refractivity contribution in [2.24, 2.45) is 0 Å². The number of piperazine rings is 1. The lowest BCUT2D eigenvalue weighted by Gasteiger charge is -2.35. The summed E-state index contributed by atoms with van der Waals surface area (Å²) >= 11 is 5.94. The van der Waals surface area contributed by atoms with Gasteiger partial charge in [-0.1, -0.05) is 35.9 Å². The maximum atomic E-state index is 13.1. The Balaban J connectivity index is 1.36. The molecule has 1 aliphatic heterocycles. The number of rotatable bonds is 6. The predicted molar refractivity (Wildman–Crippen MR) is 118 cm³/mol. The third-order valence-electron chi connectivity index (χ3n) is 5.24. The number of pyridine rings is 1. The number of hydrogen-bond acceptors (Lipinski definition) is 4. The van der Waals surface area contributed by atoms with Crippen LogP contribution in [0.4, 0.5) is 0 Å². The fourth-order valence-corrected chi connectivity index (χ4v) is 3.66. The summed E-state index contributed by atoms with van der Waals surface area (Å²) in [6.45, 7) is 4.38. The molecule has 0 unspecified atom stereocenters. The van der Waals surface area contributed by atoms with Crippen molar-refractivity contribution >= 4 is 17.5 Å². The summed E-state index contributed by atoms with van der Waals surface area (Å²) in [6.07, 6.45) is 3.63. The second kappa shape index (κ2) is 9.74. The number of nitrogens with zero attached hydrogens (tertiary/aromatic N) is 3. The van der Waals surface area contributed by atoms with E-state index in [1.807, 2.05) is 78.0 Å². The maximum Gasteiger partial charge on any atom is 0.257 e. The van der Waals surface area contributed by atoms with Crippen molar-refractivity contribution in [3.63, 3.8) is 0 Å². The molecule has 1 aromatic heterocycles. The van der Waals surface area contributed by atoms with E-state index in [1.165, 1.54) is 5.56 Å². The van der Waals surface area contributed by atoms with Crippen molar-refractivity contribution in [3.05, 3.63) is 94.8 Å². The van der Waals surface area contributed by atoms with E-state index in [9.17, 15) is 4.79 Å². The van der Waals surface area contributed by atoms with Crippen molar-refractivity contribution in [2.45, 2.75) is 13.2 Å². The number of amides is 1. The Hall–Kier alpha value is -2.89. The molecule has 30 heavy (non-hydrogen) atoms. The summed E-state index contributed by atoms with van der Waals surface area (Å²) in [6, 6.07) is 19.0. The molecule has 1 fully saturated rings. The van der Waals surface area contributed by atoms with Crippen LogP contribution in [0.5, 0.6) is 5.75 Å². The molecule has 2 aromatic carbocycles. The van der Waals surface area contributed by atoms with Crippen LogP contribution in [0, 0.1) is 0 Å². The van der Waals surface area contributed by atoms with Crippen LogP contribution in [0.25, 0.3) is 0 Å². The molecule has 1 saturated heterocycles. The zero-order chi connectivity index (χ0) is 20.8. The number of ether oxygens (including phenoxy) is 1. The molecule has 0 radical (unpaired) electrons. The Labute approximate surface area is 181 Å². The summed E-state index contributed by atoms with van der Waals surface area (Å²) in [5, 5.41) is 0.692. The molecule has 1 aliphatic rings. The summed E-state index contributed by atoms with van der Waals surface area (Å²) in [5.41, 5.74) is 2.85. The van der Waals surface area contributed by atoms with Crippen molar-refractivity contribution in [3.8, 4) is 5.75 Å². The van der Waals surface area contributed by atoms with E-state index in [4.69, 9.17) is 16.3 Å². The number of benzene rings is 2. The normalized spacial score (nSPS) is 14.5. The van der Waals surface area contributed by atoms with Gasteiger partial charge < -0.3 is 9.64 Å². The van der Waals surface area contributed by atoms with Crippen LogP contribution >= 0.6 is 11.6 Å². The first-order valence-electron chi connectivity index (χ1n) is 10.1. The van der Waals surface area contributed by atoms with Gasteiger partial charge in [0.05, 0.1) is 5.56 Å². The molecule has 154 valence electrons. The zero-order valence-electron chi connectivity index (χ0n) is 16.7. The Morgan fingerprint density at radius 3 is 2.33 bits per heavy atom. The van der Waals surface area contributed by atoms with Gasteiger partial charge in [0.1, 0.15) is 12.4 Å². The van der Waals surface area contributed by atoms with Crippen molar-refractivity contribution in [1.82, 2.24) is 14.8 Å². The van der Waals surface area contributed by atoms with E-state index >= 15 is 0 Å². The molecule has 3 aromatic rings. The largest absolute Gasteiger partial charge is 0.488 e. The fraction of sp³-hybridized carbons (Fsp3) is 0.250. The van der Waals surface area contributed by atoms with Gasteiger partial charge in [-0.15, -0.1) is 0 Å². The van der Waals surface area contributed by atoms with Crippen LogP contribution in [-0.2, 0) is 13.2 Å². The lowest BCUT2D eigenvalue weighted by atomic mass is 10.1. The molecule has 0 bridgehead atoms. The van der Waals surface area contributed by atoms with Gasteiger partial charge in [0, 0.05) is 50.1 Å². The highest BCUT2D eigenvalue weighted by Gasteiger charge is 2.24. The number of hydrogen-bond donors (Lipinski definition) is 0. The van der Waals surface area contributed by atoms with E-state index in [0.29, 0.717) is 36.0 Å². The molecule has 0 spiro atoms. The Bertz CT molecular complexity index is 971. The molecule has 4 rings (SSSR count). The van der Waals surface area contributed by atoms with Crippen molar-refractivity contribution < 1.29 is 9.53 Å². The highest BCUT2D eigenvalue weighted by atomic mass is 35.5. The minimum absolute atomic E-state index is 0.0188. The van der Waals surface area contributed by atoms with Gasteiger partial charge in [0.2, 0.25) is 0 Å². The zero-order valence-corrected chi connectivity index (χ0v) is 17.5. The van der Waals surface area contributed by atoms with Crippen LogP contribution in [0.2, 0.25) is 5.02 Å². The average Bonchev–Trinajstić information content (AvgIpc) is 2.80. The summed E-state index contributed by atoms with van der Waals surface area (Å²) in [4.78, 5) is 21.5. The van der Waals surface area contributed by atoms with Gasteiger partial charge in [-0.3, -0.25) is 14.7 Å². The molecular weight excluding hydrogens is 398 g/mol. The van der Waals surface area contributed by atoms with Crippen LogP contribution in [0.1, 0.15) is 21.5 Å². The van der Waals surface area contributed by atoms with Crippen molar-refractivity contribution in [1.29, 1.82) is 0 Å². The monoisotopic (exact) mass is 421 g/mol. The number of aromatic nitrogens is 1. The number of halogens is 1. The van der Waals surface area contributed by atoms with Crippen LogP contribution in [0.15, 0.2) is 73.1 Å². The van der Waals surface area contributed by atoms with E-state index < -0.39 is 0 Å². The summed E-state index contributed by atoms with van der Waals surface area (Å²) in [5.74, 6) is 0.627. The van der Waals surface area contributed by atoms with E-state index in [2.05, 4.69) is 9.88 Å². The standard InChI is InChI=1S/C24H24ClN3O2/c25-21-7-5-20(6-8-21)18-30-23-4-2-1-3-22(23)24(29)28-15-13-27(14-16-28)17-19-9-11-26-12-10-19/h1-12H,13-18H2. The quantitative estimate of drug-likeness (QED) is 0.596. The lowest BCUT2D eigenvalue weighted by Crippen LogP contribution is -2.48. The molecule has 0 N–H and O–H groups in total. The van der Waals surface area contributed by atoms with Gasteiger partial charge in [0.15, 0.2) is 0 Å². The summed E-state index contributed by atoms with van der Waals surface area (Å²) < 4.78 is 5.97.